The zero-order chi connectivity index (χ0) is 11.9. The first kappa shape index (κ1) is 15.0. The average molecular weight is 259 g/mol. The van der Waals surface area contributed by atoms with E-state index in [2.05, 4.69) is 8.95 Å². The minimum Gasteiger partial charge on any atom is -0.315 e. The second kappa shape index (κ2) is 7.29. The molecule has 92 valence electrons. The summed E-state index contributed by atoms with van der Waals surface area (Å²) in [6, 6.07) is 0. The fourth-order valence-corrected chi connectivity index (χ4v) is 2.36. The van der Waals surface area contributed by atoms with Gasteiger partial charge >= 0.3 is 11.4 Å². The lowest BCUT2D eigenvalue weighted by Crippen LogP contribution is -2.33. The van der Waals surface area contributed by atoms with Crippen LogP contribution in [0.1, 0.15) is 26.7 Å². The molecule has 0 spiro atoms. The van der Waals surface area contributed by atoms with E-state index in [0.29, 0.717) is 0 Å². The molecular weight excluding hydrogens is 242 g/mol. The second-order valence-corrected chi connectivity index (χ2v) is 5.92. The lowest BCUT2D eigenvalue weighted by atomic mass is 10.3. The fourth-order valence-electron chi connectivity index (χ4n) is 0.857. The van der Waals surface area contributed by atoms with E-state index in [-0.39, 0.29) is 6.54 Å². The zero-order valence-electron chi connectivity index (χ0n) is 8.80. The predicted molar refractivity (Wildman–Crippen MR) is 58.0 cm³/mol. The maximum Gasteiger partial charge on any atom is 0.317 e. The van der Waals surface area contributed by atoms with Crippen LogP contribution in [0.5, 0.6) is 0 Å². The quantitative estimate of drug-likeness (QED) is 0.479. The van der Waals surface area contributed by atoms with Gasteiger partial charge < -0.3 is 5.32 Å². The molecule has 0 fully saturated rings. The van der Waals surface area contributed by atoms with Gasteiger partial charge in [-0.1, -0.05) is 13.3 Å². The molecule has 0 aromatic rings. The average Bonchev–Trinajstić information content (AvgIpc) is 2.10. The van der Waals surface area contributed by atoms with Crippen molar-refractivity contribution in [3.63, 3.8) is 0 Å². The lowest BCUT2D eigenvalue weighted by molar-refractivity contribution is 0.433. The molecule has 0 aliphatic heterocycles. The highest BCUT2D eigenvalue weighted by atomic mass is 32.3. The molecule has 0 amide bonds. The van der Waals surface area contributed by atoms with Crippen LogP contribution in [0.2, 0.25) is 0 Å². The Morgan fingerprint density at radius 1 is 1.53 bits per heavy atom. The summed E-state index contributed by atoms with van der Waals surface area (Å²) in [5.74, 6) is 0. The predicted octanol–water partition coefficient (Wildman–Crippen LogP) is 0.248. The molecule has 0 heterocycles. The number of rotatable bonds is 8. The van der Waals surface area contributed by atoms with Crippen LogP contribution < -0.4 is 5.32 Å². The normalized spacial score (nSPS) is 16.2. The van der Waals surface area contributed by atoms with Gasteiger partial charge in [0.1, 0.15) is 0 Å². The van der Waals surface area contributed by atoms with E-state index in [1.54, 1.807) is 0 Å². The number of nitrogens with one attached hydrogen (secondary N) is 1. The summed E-state index contributed by atoms with van der Waals surface area (Å²) in [6.45, 7) is 4.37. The van der Waals surface area contributed by atoms with Crippen LogP contribution in [0.4, 0.5) is 0 Å². The standard InChI is InChI=1S/C7H17NO5S2/c1-3-4-5-8-6-7(2)15(11,12)13-14(9)10/h7-8H,3-6H2,1-2H3,(H,9,10). The van der Waals surface area contributed by atoms with Crippen LogP contribution in [0.25, 0.3) is 0 Å². The summed E-state index contributed by atoms with van der Waals surface area (Å²) in [5.41, 5.74) is 0. The van der Waals surface area contributed by atoms with Gasteiger partial charge in [-0.2, -0.15) is 12.6 Å². The molecule has 0 saturated heterocycles. The highest BCUT2D eigenvalue weighted by Crippen LogP contribution is 2.04. The van der Waals surface area contributed by atoms with Gasteiger partial charge in [-0.15, -0.1) is 3.63 Å². The minimum atomic E-state index is -3.96. The topological polar surface area (TPSA) is 92.7 Å². The summed E-state index contributed by atoms with van der Waals surface area (Å²) >= 11 is -2.78. The highest BCUT2D eigenvalue weighted by Gasteiger charge is 2.23. The van der Waals surface area contributed by atoms with Gasteiger partial charge in [0, 0.05) is 6.54 Å². The minimum absolute atomic E-state index is 0.208. The van der Waals surface area contributed by atoms with E-state index in [4.69, 9.17) is 4.55 Å². The molecule has 0 aromatic heterocycles. The Hall–Kier alpha value is -0.0200. The third-order valence-electron chi connectivity index (χ3n) is 1.78. The third-order valence-corrected chi connectivity index (χ3v) is 4.16. The van der Waals surface area contributed by atoms with Gasteiger partial charge in [0.05, 0.1) is 5.25 Å². The molecule has 2 unspecified atom stereocenters. The first-order chi connectivity index (χ1) is 6.90. The van der Waals surface area contributed by atoms with Gasteiger partial charge in [-0.05, 0) is 19.9 Å². The Balaban J connectivity index is 3.97. The maximum absolute atomic E-state index is 11.2. The Morgan fingerprint density at radius 3 is 2.60 bits per heavy atom. The number of unbranched alkanes of at least 4 members (excludes halogenated alkanes) is 1. The molecule has 6 nitrogen and oxygen atoms in total. The molecule has 0 aliphatic carbocycles. The van der Waals surface area contributed by atoms with Crippen molar-refractivity contribution in [3.05, 3.63) is 0 Å². The van der Waals surface area contributed by atoms with Crippen molar-refractivity contribution >= 4 is 21.5 Å². The van der Waals surface area contributed by atoms with Crippen LogP contribution in [-0.4, -0.2) is 35.5 Å². The van der Waals surface area contributed by atoms with Gasteiger partial charge in [0.15, 0.2) is 0 Å². The summed E-state index contributed by atoms with van der Waals surface area (Å²) in [5, 5.41) is 2.08. The van der Waals surface area contributed by atoms with Crippen molar-refractivity contribution in [1.29, 1.82) is 0 Å². The summed E-state index contributed by atoms with van der Waals surface area (Å²) in [4.78, 5) is 0. The van der Waals surface area contributed by atoms with Gasteiger partial charge in [0.2, 0.25) is 0 Å². The molecule has 15 heavy (non-hydrogen) atoms. The van der Waals surface area contributed by atoms with Crippen molar-refractivity contribution in [1.82, 2.24) is 5.32 Å². The first-order valence-electron chi connectivity index (χ1n) is 4.65. The van der Waals surface area contributed by atoms with Crippen molar-refractivity contribution in [2.75, 3.05) is 13.1 Å². The van der Waals surface area contributed by atoms with Crippen LogP contribution in [0.3, 0.4) is 0 Å². The van der Waals surface area contributed by atoms with Crippen LogP contribution >= 0.6 is 0 Å². The summed E-state index contributed by atoms with van der Waals surface area (Å²) in [7, 11) is -3.96. The monoisotopic (exact) mass is 259 g/mol. The van der Waals surface area contributed by atoms with Gasteiger partial charge in [0.25, 0.3) is 10.1 Å². The first-order valence-corrected chi connectivity index (χ1v) is 7.15. The van der Waals surface area contributed by atoms with E-state index in [0.717, 1.165) is 19.4 Å². The Bertz CT molecular complexity index is 290. The number of hydrogen-bond acceptors (Lipinski definition) is 5. The smallest absolute Gasteiger partial charge is 0.315 e. The van der Waals surface area contributed by atoms with Crippen LogP contribution in [0.15, 0.2) is 0 Å². The van der Waals surface area contributed by atoms with Crippen LogP contribution in [-0.2, 0) is 25.1 Å². The third kappa shape index (κ3) is 6.96. The molecule has 0 aromatic carbocycles. The van der Waals surface area contributed by atoms with Gasteiger partial charge in [-0.25, -0.2) is 0 Å². The summed E-state index contributed by atoms with van der Waals surface area (Å²) in [6.07, 6.45) is 1.98. The molecule has 0 radical (unpaired) electrons. The Labute approximate surface area is 93.0 Å². The van der Waals surface area contributed by atoms with E-state index >= 15 is 0 Å². The molecule has 0 bridgehead atoms. The molecule has 0 rings (SSSR count). The molecule has 0 aliphatic rings. The largest absolute Gasteiger partial charge is 0.317 e. The molecule has 8 heteroatoms. The zero-order valence-corrected chi connectivity index (χ0v) is 10.4. The van der Waals surface area contributed by atoms with E-state index in [1.807, 2.05) is 6.92 Å². The fraction of sp³-hybridized carbons (Fsp3) is 1.00. The van der Waals surface area contributed by atoms with E-state index in [1.165, 1.54) is 6.92 Å². The molecule has 2 atom stereocenters. The van der Waals surface area contributed by atoms with Crippen molar-refractivity contribution in [3.8, 4) is 0 Å². The molecular formula is C7H17NO5S2. The van der Waals surface area contributed by atoms with Crippen LogP contribution in [0, 0.1) is 0 Å². The maximum atomic E-state index is 11.2. The second-order valence-electron chi connectivity index (χ2n) is 3.15. The van der Waals surface area contributed by atoms with Crippen molar-refractivity contribution < 1.29 is 20.8 Å². The Morgan fingerprint density at radius 2 is 2.13 bits per heavy atom. The van der Waals surface area contributed by atoms with Crippen molar-refractivity contribution in [2.45, 2.75) is 31.9 Å². The lowest BCUT2D eigenvalue weighted by Gasteiger charge is -2.11. The highest BCUT2D eigenvalue weighted by molar-refractivity contribution is 7.95. The van der Waals surface area contributed by atoms with Crippen molar-refractivity contribution in [2.24, 2.45) is 0 Å². The van der Waals surface area contributed by atoms with E-state index < -0.39 is 26.7 Å². The molecule has 0 saturated carbocycles. The molecule has 2 N–H and O–H groups in total. The summed E-state index contributed by atoms with van der Waals surface area (Å²) < 4.78 is 44.8. The Kier molecular flexibility index (Phi) is 7.28. The van der Waals surface area contributed by atoms with E-state index in [9.17, 15) is 12.6 Å². The van der Waals surface area contributed by atoms with Gasteiger partial charge in [-0.3, -0.25) is 4.55 Å². The number of hydrogen-bond donors (Lipinski definition) is 2. The SMILES string of the molecule is CCCCNCC(C)S(=O)(=O)OS(=O)O.